The first kappa shape index (κ1) is 29.1. The minimum Gasteiger partial charge on any atom is -0.462 e. The molecular formula is C36H46O3. The van der Waals surface area contributed by atoms with E-state index >= 15 is 0 Å². The van der Waals surface area contributed by atoms with Gasteiger partial charge in [0, 0.05) is 12.2 Å². The lowest BCUT2D eigenvalue weighted by Gasteiger charge is -2.34. The summed E-state index contributed by atoms with van der Waals surface area (Å²) in [5.41, 5.74) is 5.87. The van der Waals surface area contributed by atoms with Gasteiger partial charge in [-0.1, -0.05) is 80.9 Å². The molecule has 0 radical (unpaired) electrons. The molecule has 0 heterocycles. The fourth-order valence-electron chi connectivity index (χ4n) is 6.27. The van der Waals surface area contributed by atoms with Crippen molar-refractivity contribution in [3.05, 3.63) is 83.9 Å². The molecule has 0 aliphatic heterocycles. The highest BCUT2D eigenvalue weighted by Crippen LogP contribution is 2.41. The first-order valence-electron chi connectivity index (χ1n) is 15.0. The standard InChI is InChI=1S/C36H46O3/c1-4-5-6-7-27-8-10-29(11-9-27)32-16-18-35-25-33(17-19-34(35)24-32)30-14-12-28(13-15-30)31(20-22-37)21-23-39-36(38)26(2)3/h8-11,16-19,24-25,28,30-31,37H,2,4-7,12-15,20-23H2,1,3H3. The van der Waals surface area contributed by atoms with Crippen molar-refractivity contribution in [3.8, 4) is 11.1 Å². The van der Waals surface area contributed by atoms with E-state index in [0.29, 0.717) is 29.9 Å². The first-order chi connectivity index (χ1) is 19.0. The maximum absolute atomic E-state index is 11.7. The molecule has 3 aromatic rings. The van der Waals surface area contributed by atoms with E-state index in [2.05, 4.69) is 74.2 Å². The summed E-state index contributed by atoms with van der Waals surface area (Å²) >= 11 is 0. The van der Waals surface area contributed by atoms with Gasteiger partial charge in [-0.15, -0.1) is 0 Å². The summed E-state index contributed by atoms with van der Waals surface area (Å²) < 4.78 is 5.34. The number of aliphatic hydroxyl groups is 1. The van der Waals surface area contributed by atoms with Gasteiger partial charge >= 0.3 is 5.97 Å². The molecule has 1 atom stereocenters. The predicted molar refractivity (Wildman–Crippen MR) is 163 cm³/mol. The van der Waals surface area contributed by atoms with Crippen LogP contribution in [0.2, 0.25) is 0 Å². The molecule has 1 N–H and O–H groups in total. The van der Waals surface area contributed by atoms with Crippen LogP contribution < -0.4 is 0 Å². The fourth-order valence-corrected chi connectivity index (χ4v) is 6.27. The molecule has 1 fully saturated rings. The number of aryl methyl sites for hydroxylation is 1. The first-order valence-corrected chi connectivity index (χ1v) is 15.0. The molecular weight excluding hydrogens is 480 g/mol. The van der Waals surface area contributed by atoms with Gasteiger partial charge in [0.05, 0.1) is 6.61 Å². The molecule has 3 heteroatoms. The Kier molecular flexibility index (Phi) is 10.8. The van der Waals surface area contributed by atoms with Crippen LogP contribution in [0.1, 0.15) is 88.7 Å². The number of rotatable bonds is 13. The molecule has 1 unspecified atom stereocenters. The van der Waals surface area contributed by atoms with Crippen LogP contribution in [0.5, 0.6) is 0 Å². The number of hydrogen-bond acceptors (Lipinski definition) is 3. The van der Waals surface area contributed by atoms with Crippen molar-refractivity contribution in [2.24, 2.45) is 11.8 Å². The van der Waals surface area contributed by atoms with Crippen LogP contribution in [0.3, 0.4) is 0 Å². The average Bonchev–Trinajstić information content (AvgIpc) is 2.96. The third-order valence-corrected chi connectivity index (χ3v) is 8.70. The van der Waals surface area contributed by atoms with Gasteiger partial charge in [0.1, 0.15) is 0 Å². The maximum Gasteiger partial charge on any atom is 0.333 e. The van der Waals surface area contributed by atoms with Crippen molar-refractivity contribution in [2.45, 2.75) is 84.0 Å². The topological polar surface area (TPSA) is 46.5 Å². The predicted octanol–water partition coefficient (Wildman–Crippen LogP) is 9.02. The molecule has 0 amide bonds. The monoisotopic (exact) mass is 526 g/mol. The second kappa shape index (κ2) is 14.5. The van der Waals surface area contributed by atoms with Crippen molar-refractivity contribution in [3.63, 3.8) is 0 Å². The van der Waals surface area contributed by atoms with Crippen LogP contribution in [0.15, 0.2) is 72.8 Å². The summed E-state index contributed by atoms with van der Waals surface area (Å²) in [4.78, 5) is 11.7. The Morgan fingerprint density at radius 3 is 2.31 bits per heavy atom. The van der Waals surface area contributed by atoms with E-state index in [1.807, 2.05) is 0 Å². The van der Waals surface area contributed by atoms with E-state index in [1.165, 1.54) is 71.6 Å². The van der Waals surface area contributed by atoms with Crippen molar-refractivity contribution >= 4 is 16.7 Å². The van der Waals surface area contributed by atoms with Crippen LogP contribution in [0.4, 0.5) is 0 Å². The number of carbonyl (C=O) groups is 1. The Hall–Kier alpha value is -2.91. The van der Waals surface area contributed by atoms with E-state index in [4.69, 9.17) is 4.74 Å². The van der Waals surface area contributed by atoms with Crippen LogP contribution in [-0.4, -0.2) is 24.3 Å². The van der Waals surface area contributed by atoms with Crippen molar-refractivity contribution in [1.82, 2.24) is 0 Å². The molecule has 0 aromatic heterocycles. The fraction of sp³-hybridized carbons (Fsp3) is 0.472. The zero-order valence-electron chi connectivity index (χ0n) is 24.0. The van der Waals surface area contributed by atoms with E-state index in [-0.39, 0.29) is 12.6 Å². The number of ether oxygens (including phenoxy) is 1. The highest BCUT2D eigenvalue weighted by molar-refractivity contribution is 5.88. The third-order valence-electron chi connectivity index (χ3n) is 8.70. The van der Waals surface area contributed by atoms with Crippen LogP contribution in [0.25, 0.3) is 21.9 Å². The van der Waals surface area contributed by atoms with Crippen LogP contribution in [0, 0.1) is 11.8 Å². The second-order valence-electron chi connectivity index (χ2n) is 11.6. The normalized spacial score (nSPS) is 18.1. The van der Waals surface area contributed by atoms with Crippen LogP contribution in [-0.2, 0) is 16.0 Å². The zero-order chi connectivity index (χ0) is 27.6. The number of fused-ring (bicyclic) bond motifs is 1. The van der Waals surface area contributed by atoms with Gasteiger partial charge in [0.15, 0.2) is 0 Å². The zero-order valence-corrected chi connectivity index (χ0v) is 24.0. The molecule has 1 aliphatic carbocycles. The highest BCUT2D eigenvalue weighted by atomic mass is 16.5. The number of unbranched alkanes of at least 4 members (excludes halogenated alkanes) is 2. The molecule has 3 aromatic carbocycles. The second-order valence-corrected chi connectivity index (χ2v) is 11.6. The SMILES string of the molecule is C=C(C)C(=O)OCCC(CCO)C1CCC(c2ccc3cc(-c4ccc(CCCCC)cc4)ccc3c2)CC1. The van der Waals surface area contributed by atoms with Crippen LogP contribution >= 0.6 is 0 Å². The number of aliphatic hydroxyl groups excluding tert-OH is 1. The summed E-state index contributed by atoms with van der Waals surface area (Å²) in [5, 5.41) is 12.2. The Bertz CT molecular complexity index is 1220. The number of benzene rings is 3. The Labute approximate surface area is 235 Å². The van der Waals surface area contributed by atoms with E-state index in [1.54, 1.807) is 6.92 Å². The largest absolute Gasteiger partial charge is 0.462 e. The highest BCUT2D eigenvalue weighted by Gasteiger charge is 2.28. The van der Waals surface area contributed by atoms with Crippen molar-refractivity contribution in [2.75, 3.05) is 13.2 Å². The molecule has 208 valence electrons. The minimum atomic E-state index is -0.319. The number of carbonyl (C=O) groups excluding carboxylic acids is 1. The van der Waals surface area contributed by atoms with Crippen molar-refractivity contribution in [1.29, 1.82) is 0 Å². The molecule has 1 aliphatic rings. The molecule has 39 heavy (non-hydrogen) atoms. The lowest BCUT2D eigenvalue weighted by atomic mass is 9.72. The van der Waals surface area contributed by atoms with Gasteiger partial charge in [-0.2, -0.15) is 0 Å². The van der Waals surface area contributed by atoms with E-state index < -0.39 is 0 Å². The molecule has 0 spiro atoms. The summed E-state index contributed by atoms with van der Waals surface area (Å²) in [5.74, 6) is 1.24. The van der Waals surface area contributed by atoms with E-state index in [0.717, 1.165) is 25.7 Å². The van der Waals surface area contributed by atoms with Gasteiger partial charge in [-0.3, -0.25) is 0 Å². The molecule has 1 saturated carbocycles. The minimum absolute atomic E-state index is 0.189. The summed E-state index contributed by atoms with van der Waals surface area (Å²) in [7, 11) is 0. The molecule has 3 nitrogen and oxygen atoms in total. The third kappa shape index (κ3) is 8.05. The molecule has 4 rings (SSSR count). The average molecular weight is 527 g/mol. The Morgan fingerprint density at radius 2 is 1.62 bits per heavy atom. The van der Waals surface area contributed by atoms with Gasteiger partial charge in [0.25, 0.3) is 0 Å². The quantitative estimate of drug-likeness (QED) is 0.137. The van der Waals surface area contributed by atoms with Crippen molar-refractivity contribution < 1.29 is 14.6 Å². The molecule has 0 bridgehead atoms. The Balaban J connectivity index is 1.35. The Morgan fingerprint density at radius 1 is 0.923 bits per heavy atom. The number of esters is 1. The smallest absolute Gasteiger partial charge is 0.333 e. The molecule has 0 saturated heterocycles. The maximum atomic E-state index is 11.7. The lowest BCUT2D eigenvalue weighted by molar-refractivity contribution is -0.139. The number of hydrogen-bond donors (Lipinski definition) is 1. The van der Waals surface area contributed by atoms with Gasteiger partial charge < -0.3 is 9.84 Å². The van der Waals surface area contributed by atoms with Gasteiger partial charge in [0.2, 0.25) is 0 Å². The summed E-state index contributed by atoms with van der Waals surface area (Å²) in [6, 6.07) is 23.0. The summed E-state index contributed by atoms with van der Waals surface area (Å²) in [6.07, 6.45) is 11.3. The van der Waals surface area contributed by atoms with Gasteiger partial charge in [-0.05, 0) is 115 Å². The van der Waals surface area contributed by atoms with E-state index in [9.17, 15) is 9.90 Å². The summed E-state index contributed by atoms with van der Waals surface area (Å²) in [6.45, 7) is 8.18. The lowest BCUT2D eigenvalue weighted by Crippen LogP contribution is -2.24. The van der Waals surface area contributed by atoms with Gasteiger partial charge in [-0.25, -0.2) is 4.79 Å².